The zero-order valence-electron chi connectivity index (χ0n) is 14.8. The normalized spacial score (nSPS) is 12.1. The minimum Gasteiger partial charge on any atom is -0.489 e. The molecule has 0 aliphatic rings. The first-order valence-electron chi connectivity index (χ1n) is 8.00. The number of ether oxygens (including phenoxy) is 1. The molecule has 0 radical (unpaired) electrons. The molecule has 2 aromatic rings. The Labute approximate surface area is 167 Å². The fourth-order valence-electron chi connectivity index (χ4n) is 2.40. The van der Waals surface area contributed by atoms with Crippen molar-refractivity contribution in [1.29, 1.82) is 0 Å². The molecule has 1 atom stereocenters. The number of nitro groups is 1. The minimum absolute atomic E-state index is 0.120. The van der Waals surface area contributed by atoms with E-state index in [0.717, 1.165) is 10.4 Å². The number of carbonyl (C=O) groups is 1. The third-order valence-corrected chi connectivity index (χ3v) is 5.92. The van der Waals surface area contributed by atoms with Crippen LogP contribution >= 0.6 is 11.6 Å². The van der Waals surface area contributed by atoms with Crippen LogP contribution in [0.15, 0.2) is 66.1 Å². The highest BCUT2D eigenvalue weighted by atomic mass is 35.5. The maximum atomic E-state index is 13.2. The van der Waals surface area contributed by atoms with Crippen LogP contribution in [-0.2, 0) is 14.8 Å². The molecule has 0 amide bonds. The van der Waals surface area contributed by atoms with Gasteiger partial charge in [0, 0.05) is 18.2 Å². The smallest absolute Gasteiger partial charge is 0.270 e. The summed E-state index contributed by atoms with van der Waals surface area (Å²) in [7, 11) is -4.34. The van der Waals surface area contributed by atoms with E-state index in [1.807, 2.05) is 0 Å². The molecule has 148 valence electrons. The predicted molar refractivity (Wildman–Crippen MR) is 105 cm³/mol. The van der Waals surface area contributed by atoms with Gasteiger partial charge in [0.2, 0.25) is 5.24 Å². The van der Waals surface area contributed by atoms with Crippen molar-refractivity contribution in [3.05, 3.63) is 71.3 Å². The second-order valence-corrected chi connectivity index (χ2v) is 7.82. The molecule has 10 heteroatoms. The third-order valence-electron chi connectivity index (χ3n) is 3.71. The van der Waals surface area contributed by atoms with E-state index < -0.39 is 31.9 Å². The van der Waals surface area contributed by atoms with Gasteiger partial charge in [-0.1, -0.05) is 24.8 Å². The van der Waals surface area contributed by atoms with Crippen LogP contribution in [0.1, 0.15) is 6.92 Å². The highest BCUT2D eigenvalue weighted by molar-refractivity contribution is 7.93. The van der Waals surface area contributed by atoms with E-state index in [0.29, 0.717) is 5.75 Å². The molecule has 0 fully saturated rings. The van der Waals surface area contributed by atoms with Gasteiger partial charge in [-0.05, 0) is 36.7 Å². The van der Waals surface area contributed by atoms with Crippen molar-refractivity contribution < 1.29 is 22.9 Å². The number of nitro benzene ring substituents is 1. The molecule has 0 aliphatic carbocycles. The Morgan fingerprint density at radius 1 is 1.32 bits per heavy atom. The van der Waals surface area contributed by atoms with Crippen LogP contribution in [0.2, 0.25) is 0 Å². The molecule has 8 nitrogen and oxygen atoms in total. The summed E-state index contributed by atoms with van der Waals surface area (Å²) in [6, 6.07) is 9.34. The maximum Gasteiger partial charge on any atom is 0.270 e. The highest BCUT2D eigenvalue weighted by Crippen LogP contribution is 2.31. The number of anilines is 1. The van der Waals surface area contributed by atoms with Gasteiger partial charge < -0.3 is 4.74 Å². The number of non-ortho nitro benzene ring substituents is 1. The number of carbonyl (C=O) groups excluding carboxylic acids is 1. The van der Waals surface area contributed by atoms with E-state index in [9.17, 15) is 23.3 Å². The monoisotopic (exact) mass is 424 g/mol. The maximum absolute atomic E-state index is 13.2. The number of hydrogen-bond donors (Lipinski definition) is 0. The molecule has 2 aromatic carbocycles. The van der Waals surface area contributed by atoms with Crippen LogP contribution in [-0.4, -0.2) is 31.2 Å². The molecule has 2 rings (SSSR count). The number of hydrogen-bond acceptors (Lipinski definition) is 6. The summed E-state index contributed by atoms with van der Waals surface area (Å²) in [6.45, 7) is 5.06. The zero-order valence-corrected chi connectivity index (χ0v) is 16.4. The summed E-state index contributed by atoms with van der Waals surface area (Å²) < 4.78 is 32.6. The highest BCUT2D eigenvalue weighted by Gasteiger charge is 2.33. The first-order chi connectivity index (χ1) is 13.2. The van der Waals surface area contributed by atoms with E-state index in [1.54, 1.807) is 12.1 Å². The lowest BCUT2D eigenvalue weighted by Gasteiger charge is -2.28. The molecule has 0 spiro atoms. The second-order valence-electron chi connectivity index (χ2n) is 5.63. The van der Waals surface area contributed by atoms with Gasteiger partial charge in [0.1, 0.15) is 18.4 Å². The van der Waals surface area contributed by atoms with Crippen molar-refractivity contribution in [2.24, 2.45) is 0 Å². The molecular weight excluding hydrogens is 408 g/mol. The van der Waals surface area contributed by atoms with Crippen molar-refractivity contribution in [1.82, 2.24) is 0 Å². The van der Waals surface area contributed by atoms with Gasteiger partial charge in [-0.25, -0.2) is 8.42 Å². The first-order valence-corrected chi connectivity index (χ1v) is 9.82. The number of benzene rings is 2. The minimum atomic E-state index is -4.34. The molecule has 1 unspecified atom stereocenters. The first kappa shape index (κ1) is 21.4. The van der Waals surface area contributed by atoms with E-state index in [1.165, 1.54) is 43.3 Å². The van der Waals surface area contributed by atoms with Gasteiger partial charge >= 0.3 is 0 Å². The van der Waals surface area contributed by atoms with Crippen molar-refractivity contribution >= 4 is 38.2 Å². The Bertz CT molecular complexity index is 1010. The van der Waals surface area contributed by atoms with Gasteiger partial charge in [0.05, 0.1) is 15.5 Å². The summed E-state index contributed by atoms with van der Waals surface area (Å²) in [4.78, 5) is 21.7. The number of halogens is 1. The largest absolute Gasteiger partial charge is 0.489 e. The lowest BCUT2D eigenvalue weighted by Crippen LogP contribution is -2.42. The summed E-state index contributed by atoms with van der Waals surface area (Å²) in [6.07, 6.45) is 1.52. The van der Waals surface area contributed by atoms with Crippen LogP contribution in [0, 0.1) is 10.1 Å². The Balaban J connectivity index is 2.60. The van der Waals surface area contributed by atoms with Crippen LogP contribution < -0.4 is 9.04 Å². The van der Waals surface area contributed by atoms with Gasteiger partial charge in [-0.2, -0.15) is 0 Å². The Kier molecular flexibility index (Phi) is 6.76. The SMILES string of the molecule is C=CCOc1cccc(N(C(C)C(=O)Cl)S(=O)(=O)c2cccc([N+](=O)[O-])c2)c1. The van der Waals surface area contributed by atoms with E-state index in [-0.39, 0.29) is 17.2 Å². The summed E-state index contributed by atoms with van der Waals surface area (Å²) in [5.74, 6) is 0.353. The molecule has 28 heavy (non-hydrogen) atoms. The van der Waals surface area contributed by atoms with E-state index >= 15 is 0 Å². The Morgan fingerprint density at radius 2 is 2.00 bits per heavy atom. The fraction of sp³-hybridized carbons (Fsp3) is 0.167. The summed E-state index contributed by atoms with van der Waals surface area (Å²) in [5, 5.41) is 10.1. The quantitative estimate of drug-likeness (QED) is 0.264. The topological polar surface area (TPSA) is 107 Å². The van der Waals surface area contributed by atoms with Crippen molar-refractivity contribution in [3.63, 3.8) is 0 Å². The molecular formula is C18H17ClN2O6S. The average Bonchev–Trinajstić information content (AvgIpc) is 2.66. The Hall–Kier alpha value is -2.91. The summed E-state index contributed by atoms with van der Waals surface area (Å²) in [5.41, 5.74) is -0.275. The van der Waals surface area contributed by atoms with Gasteiger partial charge in [-0.15, -0.1) is 0 Å². The van der Waals surface area contributed by atoms with Crippen molar-refractivity contribution in [2.75, 3.05) is 10.9 Å². The van der Waals surface area contributed by atoms with E-state index in [4.69, 9.17) is 16.3 Å². The molecule has 0 saturated carbocycles. The molecule has 0 aliphatic heterocycles. The predicted octanol–water partition coefficient (Wildman–Crippen LogP) is 3.51. The molecule has 0 bridgehead atoms. The molecule has 0 N–H and O–H groups in total. The molecule has 0 heterocycles. The number of rotatable bonds is 9. The average molecular weight is 425 g/mol. The lowest BCUT2D eigenvalue weighted by atomic mass is 10.2. The van der Waals surface area contributed by atoms with E-state index in [2.05, 4.69) is 6.58 Å². The number of nitrogens with zero attached hydrogens (tertiary/aromatic N) is 2. The van der Waals surface area contributed by atoms with Gasteiger partial charge in [0.15, 0.2) is 0 Å². The van der Waals surface area contributed by atoms with Crippen LogP contribution in [0.5, 0.6) is 5.75 Å². The van der Waals surface area contributed by atoms with Gasteiger partial charge in [-0.3, -0.25) is 19.2 Å². The standard InChI is InChI=1S/C18H17ClN2O6S/c1-3-10-27-16-8-4-6-14(11-16)20(13(2)18(19)22)28(25,26)17-9-5-7-15(12-17)21(23)24/h3-9,11-13H,1,10H2,2H3. The van der Waals surface area contributed by atoms with Crippen LogP contribution in [0.3, 0.4) is 0 Å². The lowest BCUT2D eigenvalue weighted by molar-refractivity contribution is -0.385. The molecule has 0 aromatic heterocycles. The molecule has 0 saturated heterocycles. The van der Waals surface area contributed by atoms with Crippen LogP contribution in [0.25, 0.3) is 0 Å². The Morgan fingerprint density at radius 3 is 2.61 bits per heavy atom. The van der Waals surface area contributed by atoms with Crippen molar-refractivity contribution in [3.8, 4) is 5.75 Å². The van der Waals surface area contributed by atoms with Crippen LogP contribution in [0.4, 0.5) is 11.4 Å². The third kappa shape index (κ3) is 4.68. The van der Waals surface area contributed by atoms with Gasteiger partial charge in [0.25, 0.3) is 15.7 Å². The van der Waals surface area contributed by atoms with Crippen molar-refractivity contribution in [2.45, 2.75) is 17.9 Å². The second kappa shape index (κ2) is 8.85. The fourth-order valence-corrected chi connectivity index (χ4v) is 4.21. The zero-order chi connectivity index (χ0) is 20.9. The number of sulfonamides is 1. The summed E-state index contributed by atoms with van der Waals surface area (Å²) >= 11 is 5.57.